The van der Waals surface area contributed by atoms with Gasteiger partial charge in [0.25, 0.3) is 0 Å². The van der Waals surface area contributed by atoms with E-state index in [1.165, 1.54) is 7.11 Å². The summed E-state index contributed by atoms with van der Waals surface area (Å²) >= 11 is 0. The van der Waals surface area contributed by atoms with Gasteiger partial charge in [-0.2, -0.15) is 0 Å². The van der Waals surface area contributed by atoms with Crippen LogP contribution in [-0.4, -0.2) is 37.9 Å². The van der Waals surface area contributed by atoms with Crippen LogP contribution in [0.5, 0.6) is 0 Å². The molecule has 0 aromatic heterocycles. The Hall–Kier alpha value is -0.610. The summed E-state index contributed by atoms with van der Waals surface area (Å²) in [7, 11) is 1.40. The largest absolute Gasteiger partial charge is 0.468 e. The van der Waals surface area contributed by atoms with Gasteiger partial charge in [0, 0.05) is 12.6 Å². The fraction of sp³-hybridized carbons (Fsp3) is 0.923. The standard InChI is InChI=1S/C13H27NO3/c1-10(2)7-8-17-9-13(5,12(15)16-6)14-11(3)4/h10-11,14H,7-9H2,1-6H3. The molecule has 1 atom stereocenters. The topological polar surface area (TPSA) is 47.6 Å². The van der Waals surface area contributed by atoms with Crippen molar-refractivity contribution in [2.24, 2.45) is 5.92 Å². The average molecular weight is 245 g/mol. The van der Waals surface area contributed by atoms with Crippen LogP contribution in [0.2, 0.25) is 0 Å². The van der Waals surface area contributed by atoms with Gasteiger partial charge in [-0.05, 0) is 33.1 Å². The number of esters is 1. The van der Waals surface area contributed by atoms with Crippen LogP contribution >= 0.6 is 0 Å². The van der Waals surface area contributed by atoms with Gasteiger partial charge >= 0.3 is 5.97 Å². The van der Waals surface area contributed by atoms with Crippen molar-refractivity contribution in [3.05, 3.63) is 0 Å². The normalized spacial score (nSPS) is 15.1. The average Bonchev–Trinajstić information content (AvgIpc) is 2.22. The molecule has 102 valence electrons. The molecule has 4 heteroatoms. The molecule has 0 spiro atoms. The van der Waals surface area contributed by atoms with Crippen LogP contribution in [0.1, 0.15) is 41.0 Å². The molecule has 17 heavy (non-hydrogen) atoms. The Morgan fingerprint density at radius 3 is 2.29 bits per heavy atom. The molecule has 0 aliphatic rings. The summed E-state index contributed by atoms with van der Waals surface area (Å²) in [6, 6.07) is 0.202. The molecule has 0 amide bonds. The Morgan fingerprint density at radius 1 is 1.29 bits per heavy atom. The third-order valence-electron chi connectivity index (χ3n) is 2.47. The van der Waals surface area contributed by atoms with Crippen LogP contribution in [0.25, 0.3) is 0 Å². The van der Waals surface area contributed by atoms with Crippen LogP contribution in [0.15, 0.2) is 0 Å². The molecule has 1 N–H and O–H groups in total. The lowest BCUT2D eigenvalue weighted by Gasteiger charge is -2.30. The number of hydrogen-bond acceptors (Lipinski definition) is 4. The quantitative estimate of drug-likeness (QED) is 0.525. The van der Waals surface area contributed by atoms with Gasteiger partial charge in [0.05, 0.1) is 13.7 Å². The molecule has 0 saturated carbocycles. The fourth-order valence-electron chi connectivity index (χ4n) is 1.62. The van der Waals surface area contributed by atoms with E-state index >= 15 is 0 Å². The molecule has 0 radical (unpaired) electrons. The molecule has 0 bridgehead atoms. The van der Waals surface area contributed by atoms with Crippen LogP contribution in [0.4, 0.5) is 0 Å². The minimum absolute atomic E-state index is 0.202. The van der Waals surface area contributed by atoms with Crippen molar-refractivity contribution in [3.8, 4) is 0 Å². The Morgan fingerprint density at radius 2 is 1.88 bits per heavy atom. The second-order valence-corrected chi connectivity index (χ2v) is 5.36. The first-order chi connectivity index (χ1) is 7.81. The number of nitrogens with one attached hydrogen (secondary N) is 1. The Labute approximate surface area is 105 Å². The van der Waals surface area contributed by atoms with E-state index in [-0.39, 0.29) is 12.0 Å². The number of rotatable bonds is 8. The van der Waals surface area contributed by atoms with Crippen molar-refractivity contribution in [1.82, 2.24) is 5.32 Å². The van der Waals surface area contributed by atoms with Crippen LogP contribution in [0.3, 0.4) is 0 Å². The third-order valence-corrected chi connectivity index (χ3v) is 2.47. The summed E-state index contributed by atoms with van der Waals surface area (Å²) in [5.74, 6) is 0.327. The van der Waals surface area contributed by atoms with Crippen molar-refractivity contribution in [1.29, 1.82) is 0 Å². The van der Waals surface area contributed by atoms with Crippen molar-refractivity contribution in [2.45, 2.75) is 52.6 Å². The SMILES string of the molecule is COC(=O)C(C)(COCCC(C)C)NC(C)C. The molecule has 1 unspecified atom stereocenters. The van der Waals surface area contributed by atoms with E-state index < -0.39 is 5.54 Å². The van der Waals surface area contributed by atoms with E-state index in [1.54, 1.807) is 0 Å². The van der Waals surface area contributed by atoms with Crippen LogP contribution in [0, 0.1) is 5.92 Å². The highest BCUT2D eigenvalue weighted by molar-refractivity contribution is 5.80. The lowest BCUT2D eigenvalue weighted by molar-refractivity contribution is -0.151. The van der Waals surface area contributed by atoms with Gasteiger partial charge in [-0.1, -0.05) is 13.8 Å². The summed E-state index contributed by atoms with van der Waals surface area (Å²) in [4.78, 5) is 11.7. The first-order valence-corrected chi connectivity index (χ1v) is 6.25. The van der Waals surface area contributed by atoms with E-state index in [1.807, 2.05) is 20.8 Å². The van der Waals surface area contributed by atoms with Gasteiger partial charge < -0.3 is 9.47 Å². The van der Waals surface area contributed by atoms with Crippen molar-refractivity contribution >= 4 is 5.97 Å². The second kappa shape index (κ2) is 7.67. The fourth-order valence-corrected chi connectivity index (χ4v) is 1.62. The number of methoxy groups -OCH3 is 1. The molecule has 0 rings (SSSR count). The van der Waals surface area contributed by atoms with Crippen molar-refractivity contribution in [2.75, 3.05) is 20.3 Å². The predicted molar refractivity (Wildman–Crippen MR) is 69.0 cm³/mol. The molecule has 0 fully saturated rings. The molecule has 0 saturated heterocycles. The number of carbonyl (C=O) groups is 1. The number of ether oxygens (including phenoxy) is 2. The highest BCUT2D eigenvalue weighted by atomic mass is 16.5. The van der Waals surface area contributed by atoms with Gasteiger partial charge in [-0.15, -0.1) is 0 Å². The maximum Gasteiger partial charge on any atom is 0.328 e. The molecule has 0 heterocycles. The van der Waals surface area contributed by atoms with Gasteiger partial charge in [0.15, 0.2) is 0 Å². The molecular formula is C13H27NO3. The highest BCUT2D eigenvalue weighted by Crippen LogP contribution is 2.10. The Bertz CT molecular complexity index is 229. The summed E-state index contributed by atoms with van der Waals surface area (Å²) in [5.41, 5.74) is -0.764. The van der Waals surface area contributed by atoms with Gasteiger partial charge in [0.2, 0.25) is 0 Å². The van der Waals surface area contributed by atoms with Crippen LogP contribution < -0.4 is 5.32 Å². The summed E-state index contributed by atoms with van der Waals surface area (Å²) in [5, 5.41) is 3.20. The molecule has 0 aliphatic carbocycles. The first-order valence-electron chi connectivity index (χ1n) is 6.25. The second-order valence-electron chi connectivity index (χ2n) is 5.36. The zero-order valence-corrected chi connectivity index (χ0v) is 12.0. The minimum Gasteiger partial charge on any atom is -0.468 e. The third kappa shape index (κ3) is 6.64. The molecule has 0 aliphatic heterocycles. The Balaban J connectivity index is 4.24. The predicted octanol–water partition coefficient (Wildman–Crippen LogP) is 1.98. The smallest absolute Gasteiger partial charge is 0.328 e. The van der Waals surface area contributed by atoms with E-state index in [2.05, 4.69) is 19.2 Å². The van der Waals surface area contributed by atoms with E-state index in [0.717, 1.165) is 6.42 Å². The van der Waals surface area contributed by atoms with E-state index in [0.29, 0.717) is 19.1 Å². The minimum atomic E-state index is -0.764. The summed E-state index contributed by atoms with van der Waals surface area (Å²) < 4.78 is 10.4. The van der Waals surface area contributed by atoms with E-state index in [9.17, 15) is 4.79 Å². The first kappa shape index (κ1) is 16.4. The lowest BCUT2D eigenvalue weighted by atomic mass is 10.0. The lowest BCUT2D eigenvalue weighted by Crippen LogP contribution is -2.56. The Kier molecular flexibility index (Phi) is 7.39. The van der Waals surface area contributed by atoms with Gasteiger partial charge in [0.1, 0.15) is 5.54 Å². The molecular weight excluding hydrogens is 218 g/mol. The molecule has 4 nitrogen and oxygen atoms in total. The van der Waals surface area contributed by atoms with E-state index in [4.69, 9.17) is 9.47 Å². The van der Waals surface area contributed by atoms with Crippen molar-refractivity contribution < 1.29 is 14.3 Å². The highest BCUT2D eigenvalue weighted by Gasteiger charge is 2.35. The van der Waals surface area contributed by atoms with Gasteiger partial charge in [-0.3, -0.25) is 5.32 Å². The summed E-state index contributed by atoms with van der Waals surface area (Å²) in [6.07, 6.45) is 0.999. The van der Waals surface area contributed by atoms with Gasteiger partial charge in [-0.25, -0.2) is 4.79 Å². The number of hydrogen-bond donors (Lipinski definition) is 1. The maximum atomic E-state index is 11.7. The van der Waals surface area contributed by atoms with Crippen LogP contribution in [-0.2, 0) is 14.3 Å². The maximum absolute atomic E-state index is 11.7. The monoisotopic (exact) mass is 245 g/mol. The zero-order valence-electron chi connectivity index (χ0n) is 12.0. The van der Waals surface area contributed by atoms with Crippen molar-refractivity contribution in [3.63, 3.8) is 0 Å². The molecule has 0 aromatic carbocycles. The summed E-state index contributed by atoms with van der Waals surface area (Å²) in [6.45, 7) is 11.1. The number of carbonyl (C=O) groups excluding carboxylic acids is 1. The molecule has 0 aromatic rings. The zero-order chi connectivity index (χ0) is 13.5.